The number of carbonyl (C=O) groups excluding carboxylic acids is 1. The zero-order chi connectivity index (χ0) is 13.9. The van der Waals surface area contributed by atoms with Gasteiger partial charge in [0, 0.05) is 12.3 Å². The number of benzene rings is 1. The van der Waals surface area contributed by atoms with E-state index < -0.39 is 6.10 Å². The minimum Gasteiger partial charge on any atom is -0.382 e. The van der Waals surface area contributed by atoms with Gasteiger partial charge < -0.3 is 10.2 Å². The zero-order valence-electron chi connectivity index (χ0n) is 11.7. The van der Waals surface area contributed by atoms with Crippen molar-refractivity contribution >= 4 is 11.6 Å². The first-order valence-electron chi connectivity index (χ1n) is 7.36. The molecule has 0 saturated heterocycles. The monoisotopic (exact) mass is 272 g/mol. The van der Waals surface area contributed by atoms with Crippen LogP contribution in [0.5, 0.6) is 0 Å². The molecule has 106 valence electrons. The van der Waals surface area contributed by atoms with Gasteiger partial charge in [-0.05, 0) is 24.8 Å². The molecule has 1 amide bonds. The van der Waals surface area contributed by atoms with Crippen molar-refractivity contribution in [3.8, 4) is 0 Å². The van der Waals surface area contributed by atoms with E-state index in [0.717, 1.165) is 17.7 Å². The first kappa shape index (κ1) is 13.2. The fourth-order valence-corrected chi connectivity index (χ4v) is 2.57. The van der Waals surface area contributed by atoms with E-state index in [1.807, 2.05) is 30.3 Å². The Balaban J connectivity index is 1.58. The number of hydrogen-bond donors (Lipinski definition) is 1. The molecule has 1 saturated carbocycles. The number of hydrogen-bond acceptors (Lipinski definition) is 3. The zero-order valence-corrected chi connectivity index (χ0v) is 11.7. The van der Waals surface area contributed by atoms with E-state index in [9.17, 15) is 4.79 Å². The summed E-state index contributed by atoms with van der Waals surface area (Å²) in [6.07, 6.45) is 3.46. The van der Waals surface area contributed by atoms with Crippen LogP contribution in [-0.4, -0.2) is 17.7 Å². The van der Waals surface area contributed by atoms with Crippen molar-refractivity contribution in [1.29, 1.82) is 0 Å². The summed E-state index contributed by atoms with van der Waals surface area (Å²) < 4.78 is 0. The van der Waals surface area contributed by atoms with Gasteiger partial charge in [0.05, 0.1) is 11.8 Å². The summed E-state index contributed by atoms with van der Waals surface area (Å²) in [5.41, 5.74) is 2.20. The van der Waals surface area contributed by atoms with Gasteiger partial charge in [0.1, 0.15) is 0 Å². The summed E-state index contributed by atoms with van der Waals surface area (Å²) in [5, 5.41) is 7.13. The molecule has 20 heavy (non-hydrogen) atoms. The maximum atomic E-state index is 12.3. The maximum Gasteiger partial charge on any atom is 0.264 e. The number of rotatable bonds is 5. The highest BCUT2D eigenvalue weighted by Crippen LogP contribution is 2.35. The fraction of sp³-hybridized carbons (Fsp3) is 0.500. The Hall–Kier alpha value is -1.84. The van der Waals surface area contributed by atoms with Gasteiger partial charge in [-0.2, -0.15) is 0 Å². The van der Waals surface area contributed by atoms with Crippen LogP contribution in [0.15, 0.2) is 35.5 Å². The minimum atomic E-state index is -0.441. The van der Waals surface area contributed by atoms with Crippen molar-refractivity contribution < 1.29 is 9.63 Å². The largest absolute Gasteiger partial charge is 0.382 e. The maximum absolute atomic E-state index is 12.3. The third kappa shape index (κ3) is 2.84. The van der Waals surface area contributed by atoms with Crippen molar-refractivity contribution in [2.45, 2.75) is 44.8 Å². The fourth-order valence-electron chi connectivity index (χ4n) is 2.57. The predicted molar refractivity (Wildman–Crippen MR) is 77.3 cm³/mol. The lowest BCUT2D eigenvalue weighted by molar-refractivity contribution is -0.132. The van der Waals surface area contributed by atoms with Crippen LogP contribution in [0.4, 0.5) is 0 Å². The van der Waals surface area contributed by atoms with Crippen molar-refractivity contribution in [2.24, 2.45) is 11.1 Å². The van der Waals surface area contributed by atoms with Crippen LogP contribution in [0.1, 0.15) is 44.2 Å². The lowest BCUT2D eigenvalue weighted by atomic mass is 10.0. The van der Waals surface area contributed by atoms with Gasteiger partial charge in [-0.15, -0.1) is 0 Å². The Labute approximate surface area is 119 Å². The van der Waals surface area contributed by atoms with E-state index in [0.29, 0.717) is 12.3 Å². The van der Waals surface area contributed by atoms with Crippen LogP contribution in [0.3, 0.4) is 0 Å². The number of nitrogens with zero attached hydrogens (tertiary/aromatic N) is 1. The van der Waals surface area contributed by atoms with E-state index in [1.165, 1.54) is 12.8 Å². The molecular weight excluding hydrogens is 252 g/mol. The van der Waals surface area contributed by atoms with Gasteiger partial charge in [0.15, 0.2) is 0 Å². The highest BCUT2D eigenvalue weighted by Gasteiger charge is 2.37. The SMILES string of the molecule is CC[C@H](NC(=O)C1CC(C2CC2)=NO1)c1ccccc1. The molecule has 1 aliphatic carbocycles. The first-order chi connectivity index (χ1) is 9.78. The molecule has 2 atom stereocenters. The molecule has 1 aromatic carbocycles. The highest BCUT2D eigenvalue weighted by molar-refractivity contribution is 5.95. The Kier molecular flexibility index (Phi) is 3.72. The molecule has 3 rings (SSSR count). The van der Waals surface area contributed by atoms with Gasteiger partial charge in [0.2, 0.25) is 6.10 Å². The molecule has 1 aromatic rings. The molecule has 0 bridgehead atoms. The van der Waals surface area contributed by atoms with Crippen LogP contribution >= 0.6 is 0 Å². The van der Waals surface area contributed by atoms with Crippen LogP contribution in [0, 0.1) is 5.92 Å². The molecule has 0 radical (unpaired) electrons. The summed E-state index contributed by atoms with van der Waals surface area (Å²) in [6.45, 7) is 2.07. The highest BCUT2D eigenvalue weighted by atomic mass is 16.6. The Bertz CT molecular complexity index is 508. The van der Waals surface area contributed by atoms with Crippen molar-refractivity contribution in [1.82, 2.24) is 5.32 Å². The molecule has 1 N–H and O–H groups in total. The standard InChI is InChI=1S/C16H20N2O2/c1-2-13(11-6-4-3-5-7-11)17-16(19)15-10-14(18-20-15)12-8-9-12/h3-7,12-13,15H,2,8-10H2,1H3,(H,17,19)/t13-,15?/m0/s1. The van der Waals surface area contributed by atoms with Crippen molar-refractivity contribution in [3.05, 3.63) is 35.9 Å². The van der Waals surface area contributed by atoms with E-state index in [1.54, 1.807) is 0 Å². The number of carbonyl (C=O) groups is 1. The number of amides is 1. The average molecular weight is 272 g/mol. The third-order valence-corrected chi connectivity index (χ3v) is 3.96. The van der Waals surface area contributed by atoms with Gasteiger partial charge in [-0.1, -0.05) is 42.4 Å². The molecule has 1 aliphatic heterocycles. The second-order valence-corrected chi connectivity index (χ2v) is 5.54. The van der Waals surface area contributed by atoms with Crippen LogP contribution in [0.25, 0.3) is 0 Å². The van der Waals surface area contributed by atoms with E-state index >= 15 is 0 Å². The summed E-state index contributed by atoms with van der Waals surface area (Å²) in [4.78, 5) is 17.6. The molecule has 0 aromatic heterocycles. The van der Waals surface area contributed by atoms with Crippen molar-refractivity contribution in [2.75, 3.05) is 0 Å². The molecular formula is C16H20N2O2. The van der Waals surface area contributed by atoms with Gasteiger partial charge in [0.25, 0.3) is 5.91 Å². The van der Waals surface area contributed by atoms with Crippen LogP contribution in [0.2, 0.25) is 0 Å². The summed E-state index contributed by atoms with van der Waals surface area (Å²) >= 11 is 0. The molecule has 1 unspecified atom stereocenters. The second kappa shape index (κ2) is 5.65. The topological polar surface area (TPSA) is 50.7 Å². The Morgan fingerprint density at radius 1 is 1.40 bits per heavy atom. The first-order valence-corrected chi connectivity index (χ1v) is 7.36. The second-order valence-electron chi connectivity index (χ2n) is 5.54. The third-order valence-electron chi connectivity index (χ3n) is 3.96. The quantitative estimate of drug-likeness (QED) is 0.896. The lowest BCUT2D eigenvalue weighted by Crippen LogP contribution is -2.37. The summed E-state index contributed by atoms with van der Waals surface area (Å²) in [7, 11) is 0. The molecule has 4 nitrogen and oxygen atoms in total. The Morgan fingerprint density at radius 3 is 2.80 bits per heavy atom. The summed E-state index contributed by atoms with van der Waals surface area (Å²) in [5.74, 6) is 0.518. The average Bonchev–Trinajstić information content (AvgIpc) is 3.22. The van der Waals surface area contributed by atoms with Gasteiger partial charge in [-0.25, -0.2) is 0 Å². The van der Waals surface area contributed by atoms with Gasteiger partial charge in [-0.3, -0.25) is 4.79 Å². The normalized spacial score (nSPS) is 22.9. The predicted octanol–water partition coefficient (Wildman–Crippen LogP) is 2.81. The van der Waals surface area contributed by atoms with Crippen LogP contribution < -0.4 is 5.32 Å². The molecule has 4 heteroatoms. The van der Waals surface area contributed by atoms with E-state index in [2.05, 4.69) is 17.4 Å². The molecule has 0 spiro atoms. The Morgan fingerprint density at radius 2 is 2.15 bits per heavy atom. The minimum absolute atomic E-state index is 0.0391. The van der Waals surface area contributed by atoms with Crippen LogP contribution in [-0.2, 0) is 9.63 Å². The molecule has 1 fully saturated rings. The van der Waals surface area contributed by atoms with E-state index in [4.69, 9.17) is 4.84 Å². The van der Waals surface area contributed by atoms with Crippen molar-refractivity contribution in [3.63, 3.8) is 0 Å². The van der Waals surface area contributed by atoms with Gasteiger partial charge >= 0.3 is 0 Å². The lowest BCUT2D eigenvalue weighted by Gasteiger charge is -2.19. The molecule has 2 aliphatic rings. The molecule has 1 heterocycles. The number of nitrogens with one attached hydrogen (secondary N) is 1. The summed E-state index contributed by atoms with van der Waals surface area (Å²) in [6, 6.07) is 10.1. The number of oxime groups is 1. The van der Waals surface area contributed by atoms with E-state index in [-0.39, 0.29) is 11.9 Å². The smallest absolute Gasteiger partial charge is 0.264 e.